The minimum Gasteiger partial charge on any atom is -0.299 e. The summed E-state index contributed by atoms with van der Waals surface area (Å²) in [6.45, 7) is 3.36. The summed E-state index contributed by atoms with van der Waals surface area (Å²) in [6, 6.07) is 5.48. The Morgan fingerprint density at radius 3 is 2.62 bits per heavy atom. The molecule has 7 heteroatoms. The van der Waals surface area contributed by atoms with Gasteiger partial charge in [0, 0.05) is 19.1 Å². The van der Waals surface area contributed by atoms with Crippen molar-refractivity contribution >= 4 is 21.4 Å². The summed E-state index contributed by atoms with van der Waals surface area (Å²) in [6.07, 6.45) is 4.65. The number of nitriles is 1. The summed E-state index contributed by atoms with van der Waals surface area (Å²) in [5, 5.41) is 8.84. The first-order valence-corrected chi connectivity index (χ1v) is 9.61. The molecule has 0 radical (unpaired) electrons. The zero-order valence-corrected chi connectivity index (χ0v) is 13.5. The predicted octanol–water partition coefficient (Wildman–Crippen LogP) is 1.87. The molecule has 114 valence electrons. The second kappa shape index (κ2) is 6.05. The van der Waals surface area contributed by atoms with Crippen molar-refractivity contribution in [2.75, 3.05) is 26.2 Å². The number of rotatable bonds is 3. The van der Waals surface area contributed by atoms with Crippen molar-refractivity contribution in [3.63, 3.8) is 0 Å². The normalized spacial score (nSPS) is 25.0. The molecule has 0 aromatic carbocycles. The van der Waals surface area contributed by atoms with Gasteiger partial charge in [0.05, 0.1) is 0 Å². The maximum absolute atomic E-state index is 12.6. The second-order valence-electron chi connectivity index (χ2n) is 5.63. The monoisotopic (exact) mass is 325 g/mol. The molecule has 1 aromatic rings. The Morgan fingerprint density at radius 2 is 1.95 bits per heavy atom. The second-order valence-corrected chi connectivity index (χ2v) is 8.88. The Labute approximate surface area is 129 Å². The van der Waals surface area contributed by atoms with Gasteiger partial charge in [-0.2, -0.15) is 9.57 Å². The van der Waals surface area contributed by atoms with Crippen LogP contribution >= 0.6 is 11.3 Å². The maximum Gasteiger partial charge on any atom is 0.252 e. The van der Waals surface area contributed by atoms with E-state index in [1.807, 2.05) is 6.07 Å². The molecule has 0 aliphatic carbocycles. The molecular formula is C14H19N3O2S2. The molecule has 0 amide bonds. The third-order valence-electron chi connectivity index (χ3n) is 4.32. The van der Waals surface area contributed by atoms with E-state index in [9.17, 15) is 8.42 Å². The van der Waals surface area contributed by atoms with Gasteiger partial charge in [-0.1, -0.05) is 6.42 Å². The summed E-state index contributed by atoms with van der Waals surface area (Å²) in [5.74, 6) is 0. The first-order valence-electron chi connectivity index (χ1n) is 7.35. The zero-order valence-electron chi connectivity index (χ0n) is 11.9. The van der Waals surface area contributed by atoms with E-state index >= 15 is 0 Å². The standard InChI is InChI=1S/C14H19N3O2S2/c15-10-13-4-5-14(20-13)21(18,19)17-9-6-12(11-17)16-7-2-1-3-8-16/h4-5,12H,1-3,6-9,11H2. The van der Waals surface area contributed by atoms with Crippen LogP contribution in [-0.2, 0) is 10.0 Å². The van der Waals surface area contributed by atoms with Crippen LogP contribution in [0.15, 0.2) is 16.3 Å². The quantitative estimate of drug-likeness (QED) is 0.851. The van der Waals surface area contributed by atoms with E-state index < -0.39 is 10.0 Å². The fraction of sp³-hybridized carbons (Fsp3) is 0.643. The Kier molecular flexibility index (Phi) is 4.31. The van der Waals surface area contributed by atoms with Crippen molar-refractivity contribution < 1.29 is 8.42 Å². The maximum atomic E-state index is 12.6. The van der Waals surface area contributed by atoms with Crippen LogP contribution in [0.25, 0.3) is 0 Å². The molecule has 2 fully saturated rings. The van der Waals surface area contributed by atoms with Crippen LogP contribution in [0.4, 0.5) is 0 Å². The SMILES string of the molecule is N#Cc1ccc(S(=O)(=O)N2CCC(N3CCCCC3)C2)s1. The van der Waals surface area contributed by atoms with E-state index in [1.54, 1.807) is 16.4 Å². The minimum atomic E-state index is -3.43. The minimum absolute atomic E-state index is 0.290. The van der Waals surface area contributed by atoms with Crippen molar-refractivity contribution in [1.82, 2.24) is 9.21 Å². The lowest BCUT2D eigenvalue weighted by molar-refractivity contribution is 0.169. The van der Waals surface area contributed by atoms with Gasteiger partial charge in [-0.3, -0.25) is 4.90 Å². The van der Waals surface area contributed by atoms with Crippen LogP contribution in [0.5, 0.6) is 0 Å². The molecule has 1 aromatic heterocycles. The van der Waals surface area contributed by atoms with Gasteiger partial charge in [-0.15, -0.1) is 11.3 Å². The first-order chi connectivity index (χ1) is 10.1. The molecule has 0 spiro atoms. The lowest BCUT2D eigenvalue weighted by Gasteiger charge is -2.32. The van der Waals surface area contributed by atoms with Crippen LogP contribution < -0.4 is 0 Å². The van der Waals surface area contributed by atoms with Crippen molar-refractivity contribution in [2.45, 2.75) is 35.9 Å². The van der Waals surface area contributed by atoms with Crippen molar-refractivity contribution in [3.05, 3.63) is 17.0 Å². The van der Waals surface area contributed by atoms with Gasteiger partial charge in [0.25, 0.3) is 10.0 Å². The summed E-state index contributed by atoms with van der Waals surface area (Å²) in [5.41, 5.74) is 0. The van der Waals surface area contributed by atoms with Crippen LogP contribution in [0, 0.1) is 11.3 Å². The summed E-state index contributed by atoms with van der Waals surface area (Å²) >= 11 is 1.06. The fourth-order valence-corrected chi connectivity index (χ4v) is 5.91. The number of likely N-dealkylation sites (tertiary alicyclic amines) is 1. The third-order valence-corrected chi connectivity index (χ3v) is 7.64. The van der Waals surface area contributed by atoms with Gasteiger partial charge in [0.15, 0.2) is 0 Å². The molecule has 0 bridgehead atoms. The molecule has 2 saturated heterocycles. The Morgan fingerprint density at radius 1 is 1.19 bits per heavy atom. The van der Waals surface area contributed by atoms with Gasteiger partial charge in [0.1, 0.15) is 15.2 Å². The third kappa shape index (κ3) is 2.99. The molecule has 5 nitrogen and oxygen atoms in total. The zero-order chi connectivity index (χ0) is 14.9. The molecule has 0 saturated carbocycles. The van der Waals surface area contributed by atoms with Crippen LogP contribution in [0.3, 0.4) is 0 Å². The molecule has 0 N–H and O–H groups in total. The van der Waals surface area contributed by atoms with Crippen LogP contribution in [0.2, 0.25) is 0 Å². The molecule has 2 aliphatic rings. The topological polar surface area (TPSA) is 64.4 Å². The van der Waals surface area contributed by atoms with Gasteiger partial charge in [0.2, 0.25) is 0 Å². The van der Waals surface area contributed by atoms with E-state index in [4.69, 9.17) is 5.26 Å². The summed E-state index contributed by atoms with van der Waals surface area (Å²) in [4.78, 5) is 2.88. The van der Waals surface area contributed by atoms with Crippen molar-refractivity contribution in [2.24, 2.45) is 0 Å². The van der Waals surface area contributed by atoms with Gasteiger partial charge in [-0.05, 0) is 44.5 Å². The summed E-state index contributed by atoms with van der Waals surface area (Å²) in [7, 11) is -3.43. The van der Waals surface area contributed by atoms with E-state index in [0.717, 1.165) is 30.8 Å². The van der Waals surface area contributed by atoms with Crippen molar-refractivity contribution in [3.8, 4) is 6.07 Å². The average Bonchev–Trinajstić information content (AvgIpc) is 3.18. The molecule has 3 heterocycles. The highest BCUT2D eigenvalue weighted by molar-refractivity contribution is 7.91. The highest BCUT2D eigenvalue weighted by Gasteiger charge is 2.36. The van der Waals surface area contributed by atoms with Crippen molar-refractivity contribution in [1.29, 1.82) is 5.26 Å². The molecular weight excluding hydrogens is 306 g/mol. The highest BCUT2D eigenvalue weighted by Crippen LogP contribution is 2.29. The number of sulfonamides is 1. The average molecular weight is 325 g/mol. The van der Waals surface area contributed by atoms with Gasteiger partial charge < -0.3 is 0 Å². The number of piperidine rings is 1. The molecule has 3 rings (SSSR count). The lowest BCUT2D eigenvalue weighted by Crippen LogP contribution is -2.41. The smallest absolute Gasteiger partial charge is 0.252 e. The largest absolute Gasteiger partial charge is 0.299 e. The number of hydrogen-bond donors (Lipinski definition) is 0. The van der Waals surface area contributed by atoms with Crippen LogP contribution in [-0.4, -0.2) is 49.8 Å². The van der Waals surface area contributed by atoms with Gasteiger partial charge >= 0.3 is 0 Å². The molecule has 21 heavy (non-hydrogen) atoms. The molecule has 1 unspecified atom stereocenters. The van der Waals surface area contributed by atoms with E-state index in [2.05, 4.69) is 4.90 Å². The van der Waals surface area contributed by atoms with E-state index in [0.29, 0.717) is 28.2 Å². The fourth-order valence-electron chi connectivity index (χ4n) is 3.16. The predicted molar refractivity (Wildman–Crippen MR) is 81.6 cm³/mol. The Balaban J connectivity index is 1.71. The molecule has 2 aliphatic heterocycles. The van der Waals surface area contributed by atoms with E-state index in [-0.39, 0.29) is 0 Å². The summed E-state index contributed by atoms with van der Waals surface area (Å²) < 4.78 is 27.1. The number of nitrogens with zero attached hydrogens (tertiary/aromatic N) is 3. The number of hydrogen-bond acceptors (Lipinski definition) is 5. The van der Waals surface area contributed by atoms with E-state index in [1.165, 1.54) is 19.3 Å². The number of thiophene rings is 1. The first kappa shape index (κ1) is 15.0. The highest BCUT2D eigenvalue weighted by atomic mass is 32.2. The molecule has 1 atom stereocenters. The van der Waals surface area contributed by atoms with Crippen LogP contribution in [0.1, 0.15) is 30.6 Å². The lowest BCUT2D eigenvalue weighted by atomic mass is 10.1. The Hall–Kier alpha value is -0.940. The Bertz CT molecular complexity index is 641. The van der Waals surface area contributed by atoms with Gasteiger partial charge in [-0.25, -0.2) is 8.42 Å².